The van der Waals surface area contributed by atoms with Gasteiger partial charge in [-0.25, -0.2) is 0 Å². The van der Waals surface area contributed by atoms with E-state index in [2.05, 4.69) is 30.2 Å². The van der Waals surface area contributed by atoms with Crippen molar-refractivity contribution in [2.75, 3.05) is 6.54 Å². The molecule has 1 rings (SSSR count). The third-order valence-corrected chi connectivity index (χ3v) is 2.64. The smallest absolute Gasteiger partial charge is 0.0417 e. The molecule has 0 atom stereocenters. The van der Waals surface area contributed by atoms with Crippen LogP contribution in [0.1, 0.15) is 43.9 Å². The Kier molecular flexibility index (Phi) is 6.02. The molecule has 1 heterocycles. The Bertz CT molecular complexity index is 271. The summed E-state index contributed by atoms with van der Waals surface area (Å²) in [5, 5.41) is 3.46. The van der Waals surface area contributed by atoms with Crippen molar-refractivity contribution in [2.45, 2.75) is 46.1 Å². The van der Waals surface area contributed by atoms with Gasteiger partial charge in [-0.3, -0.25) is 4.98 Å². The molecule has 84 valence electrons. The first-order chi connectivity index (χ1) is 7.34. The molecule has 1 aromatic heterocycles. The van der Waals surface area contributed by atoms with E-state index in [4.69, 9.17) is 0 Å². The van der Waals surface area contributed by atoms with Crippen molar-refractivity contribution in [3.05, 3.63) is 29.6 Å². The zero-order chi connectivity index (χ0) is 10.9. The van der Waals surface area contributed by atoms with Crippen molar-refractivity contribution >= 4 is 0 Å². The Balaban J connectivity index is 2.12. The molecule has 2 nitrogen and oxygen atoms in total. The van der Waals surface area contributed by atoms with Gasteiger partial charge in [0, 0.05) is 18.4 Å². The summed E-state index contributed by atoms with van der Waals surface area (Å²) in [5.74, 6) is 0. The van der Waals surface area contributed by atoms with Gasteiger partial charge in [0.2, 0.25) is 0 Å². The minimum atomic E-state index is 0.950. The van der Waals surface area contributed by atoms with E-state index in [1.165, 1.54) is 31.2 Å². The molecular formula is C13H22N2. The maximum Gasteiger partial charge on any atom is 0.0417 e. The average molecular weight is 206 g/mol. The van der Waals surface area contributed by atoms with Crippen LogP contribution in [0.3, 0.4) is 0 Å². The predicted octanol–water partition coefficient (Wildman–Crippen LogP) is 3.06. The highest BCUT2D eigenvalue weighted by Crippen LogP contribution is 2.03. The number of rotatable bonds is 7. The molecular weight excluding hydrogens is 184 g/mol. The molecule has 0 aliphatic rings. The summed E-state index contributed by atoms with van der Waals surface area (Å²) in [6.07, 6.45) is 7.14. The van der Waals surface area contributed by atoms with E-state index in [0.29, 0.717) is 0 Å². The van der Waals surface area contributed by atoms with Crippen molar-refractivity contribution in [1.29, 1.82) is 0 Å². The lowest BCUT2D eigenvalue weighted by molar-refractivity contribution is 0.596. The van der Waals surface area contributed by atoms with E-state index in [0.717, 1.165) is 18.8 Å². The first-order valence-corrected chi connectivity index (χ1v) is 5.95. The molecule has 0 aromatic carbocycles. The first kappa shape index (κ1) is 12.2. The molecule has 0 spiro atoms. The minimum absolute atomic E-state index is 0.950. The zero-order valence-corrected chi connectivity index (χ0v) is 9.92. The fraction of sp³-hybridized carbons (Fsp3) is 0.615. The number of hydrogen-bond acceptors (Lipinski definition) is 2. The van der Waals surface area contributed by atoms with Crippen LogP contribution in [0.25, 0.3) is 0 Å². The number of aromatic nitrogens is 1. The van der Waals surface area contributed by atoms with Gasteiger partial charge in [0.15, 0.2) is 0 Å². The highest BCUT2D eigenvalue weighted by atomic mass is 14.8. The standard InChI is InChI=1S/C13H22N2/c1-3-4-5-6-9-14-11-13-8-7-10-15-12(13)2/h7-8,10,14H,3-6,9,11H2,1-2H3. The summed E-state index contributed by atoms with van der Waals surface area (Å²) in [5.41, 5.74) is 2.45. The maximum absolute atomic E-state index is 4.27. The van der Waals surface area contributed by atoms with E-state index >= 15 is 0 Å². The number of hydrogen-bond donors (Lipinski definition) is 1. The highest BCUT2D eigenvalue weighted by Gasteiger charge is 1.96. The molecule has 0 fully saturated rings. The summed E-state index contributed by atoms with van der Waals surface area (Å²) < 4.78 is 0. The second-order valence-corrected chi connectivity index (χ2v) is 3.99. The van der Waals surface area contributed by atoms with Gasteiger partial charge in [0.1, 0.15) is 0 Å². The van der Waals surface area contributed by atoms with Gasteiger partial charge in [-0.1, -0.05) is 32.3 Å². The van der Waals surface area contributed by atoms with E-state index < -0.39 is 0 Å². The molecule has 0 radical (unpaired) electrons. The van der Waals surface area contributed by atoms with E-state index in [9.17, 15) is 0 Å². The quantitative estimate of drug-likeness (QED) is 0.694. The normalized spacial score (nSPS) is 10.5. The summed E-state index contributed by atoms with van der Waals surface area (Å²) in [7, 11) is 0. The van der Waals surface area contributed by atoms with Crippen molar-refractivity contribution in [2.24, 2.45) is 0 Å². The second kappa shape index (κ2) is 7.41. The number of aryl methyl sites for hydroxylation is 1. The Morgan fingerprint density at radius 2 is 2.13 bits per heavy atom. The molecule has 2 heteroatoms. The molecule has 15 heavy (non-hydrogen) atoms. The topological polar surface area (TPSA) is 24.9 Å². The van der Waals surface area contributed by atoms with Gasteiger partial charge in [0.25, 0.3) is 0 Å². The summed E-state index contributed by atoms with van der Waals surface area (Å²) in [6.45, 7) is 6.38. The molecule has 0 saturated carbocycles. The van der Waals surface area contributed by atoms with Gasteiger partial charge in [0.05, 0.1) is 0 Å². The highest BCUT2D eigenvalue weighted by molar-refractivity contribution is 5.17. The largest absolute Gasteiger partial charge is 0.313 e. The molecule has 0 aliphatic heterocycles. The van der Waals surface area contributed by atoms with E-state index in [1.807, 2.05) is 12.3 Å². The van der Waals surface area contributed by atoms with Crippen LogP contribution in [0.4, 0.5) is 0 Å². The molecule has 0 saturated heterocycles. The first-order valence-electron chi connectivity index (χ1n) is 5.95. The number of unbranched alkanes of at least 4 members (excludes halogenated alkanes) is 3. The Morgan fingerprint density at radius 1 is 1.27 bits per heavy atom. The van der Waals surface area contributed by atoms with Crippen molar-refractivity contribution in [3.8, 4) is 0 Å². The number of pyridine rings is 1. The second-order valence-electron chi connectivity index (χ2n) is 3.99. The molecule has 0 amide bonds. The molecule has 0 bridgehead atoms. The Morgan fingerprint density at radius 3 is 2.87 bits per heavy atom. The Labute approximate surface area is 93.1 Å². The molecule has 0 unspecified atom stereocenters. The van der Waals surface area contributed by atoms with Crippen molar-refractivity contribution in [3.63, 3.8) is 0 Å². The lowest BCUT2D eigenvalue weighted by Crippen LogP contribution is -2.15. The fourth-order valence-electron chi connectivity index (χ4n) is 1.60. The van der Waals surface area contributed by atoms with Gasteiger partial charge in [-0.15, -0.1) is 0 Å². The van der Waals surface area contributed by atoms with Crippen LogP contribution in [-0.2, 0) is 6.54 Å². The van der Waals surface area contributed by atoms with Crippen LogP contribution in [0.2, 0.25) is 0 Å². The molecule has 1 N–H and O–H groups in total. The molecule has 1 aromatic rings. The van der Waals surface area contributed by atoms with Gasteiger partial charge in [-0.05, 0) is 31.5 Å². The van der Waals surface area contributed by atoms with Crippen LogP contribution >= 0.6 is 0 Å². The summed E-state index contributed by atoms with van der Waals surface area (Å²) >= 11 is 0. The maximum atomic E-state index is 4.27. The van der Waals surface area contributed by atoms with Gasteiger partial charge < -0.3 is 5.32 Å². The van der Waals surface area contributed by atoms with Crippen LogP contribution in [0, 0.1) is 6.92 Å². The third-order valence-electron chi connectivity index (χ3n) is 2.64. The average Bonchev–Trinajstić information content (AvgIpc) is 2.25. The van der Waals surface area contributed by atoms with Gasteiger partial charge in [-0.2, -0.15) is 0 Å². The predicted molar refractivity (Wildman–Crippen MR) is 64.8 cm³/mol. The lowest BCUT2D eigenvalue weighted by Gasteiger charge is -2.06. The van der Waals surface area contributed by atoms with Crippen molar-refractivity contribution < 1.29 is 0 Å². The molecule has 0 aliphatic carbocycles. The van der Waals surface area contributed by atoms with E-state index in [-0.39, 0.29) is 0 Å². The SMILES string of the molecule is CCCCCCNCc1cccnc1C. The summed E-state index contributed by atoms with van der Waals surface area (Å²) in [4.78, 5) is 4.27. The monoisotopic (exact) mass is 206 g/mol. The van der Waals surface area contributed by atoms with Crippen molar-refractivity contribution in [1.82, 2.24) is 10.3 Å². The minimum Gasteiger partial charge on any atom is -0.313 e. The van der Waals surface area contributed by atoms with Crippen LogP contribution in [0.15, 0.2) is 18.3 Å². The fourth-order valence-corrected chi connectivity index (χ4v) is 1.60. The van der Waals surface area contributed by atoms with Crippen LogP contribution in [-0.4, -0.2) is 11.5 Å². The number of nitrogens with one attached hydrogen (secondary N) is 1. The van der Waals surface area contributed by atoms with Gasteiger partial charge >= 0.3 is 0 Å². The zero-order valence-electron chi connectivity index (χ0n) is 9.92. The van der Waals surface area contributed by atoms with Crippen LogP contribution in [0.5, 0.6) is 0 Å². The Hall–Kier alpha value is -0.890. The summed E-state index contributed by atoms with van der Waals surface area (Å²) in [6, 6.07) is 4.14. The van der Waals surface area contributed by atoms with E-state index in [1.54, 1.807) is 0 Å². The number of nitrogens with zero attached hydrogens (tertiary/aromatic N) is 1. The lowest BCUT2D eigenvalue weighted by atomic mass is 10.2. The third kappa shape index (κ3) is 4.93. The van der Waals surface area contributed by atoms with Crippen LogP contribution < -0.4 is 5.32 Å².